The zero-order valence-electron chi connectivity index (χ0n) is 15.8. The number of ether oxygens (including phenoxy) is 1. The van der Waals surface area contributed by atoms with E-state index in [2.05, 4.69) is 5.32 Å². The van der Waals surface area contributed by atoms with Crippen LogP contribution in [0.25, 0.3) is 6.08 Å². The van der Waals surface area contributed by atoms with E-state index in [0.717, 1.165) is 11.3 Å². The van der Waals surface area contributed by atoms with Crippen LogP contribution in [-0.2, 0) is 9.59 Å². The van der Waals surface area contributed by atoms with Gasteiger partial charge in [-0.3, -0.25) is 14.5 Å². The van der Waals surface area contributed by atoms with Gasteiger partial charge in [-0.1, -0.05) is 47.7 Å². The van der Waals surface area contributed by atoms with Gasteiger partial charge >= 0.3 is 0 Å². The molecule has 1 unspecified atom stereocenters. The highest BCUT2D eigenvalue weighted by Gasteiger charge is 2.38. The number of amides is 2. The number of rotatable bonds is 6. The molecule has 0 bridgehead atoms. The van der Waals surface area contributed by atoms with Crippen molar-refractivity contribution < 1.29 is 14.3 Å². The van der Waals surface area contributed by atoms with E-state index in [1.807, 2.05) is 19.1 Å². The fraction of sp³-hybridized carbons (Fsp3) is 0.190. The molecule has 1 aliphatic heterocycles. The van der Waals surface area contributed by atoms with Crippen molar-refractivity contribution in [1.82, 2.24) is 4.90 Å². The first-order valence-corrected chi connectivity index (χ1v) is 10.6. The number of nitrogens with zero attached hydrogens (tertiary/aromatic N) is 1. The van der Waals surface area contributed by atoms with Gasteiger partial charge in [0.25, 0.3) is 5.91 Å². The number of carbonyl (C=O) groups excluding carboxylic acids is 2. The standard InChI is InChI=1S/C21H19ClN2O3S2/c1-3-27-17-10-8-16(9-11-17)23-19(25)13(2)24-20(26)18(29-21(24)28)12-14-4-6-15(22)7-5-14/h4-13H,3H2,1-2H3,(H,23,25)/b18-12-. The normalized spacial score (nSPS) is 16.2. The van der Waals surface area contributed by atoms with Crippen molar-refractivity contribution in [3.8, 4) is 5.75 Å². The van der Waals surface area contributed by atoms with Crippen LogP contribution in [0.15, 0.2) is 53.4 Å². The van der Waals surface area contributed by atoms with Crippen molar-refractivity contribution in [3.63, 3.8) is 0 Å². The molecule has 1 atom stereocenters. The second kappa shape index (κ2) is 9.43. The predicted octanol–water partition coefficient (Wildman–Crippen LogP) is 4.97. The van der Waals surface area contributed by atoms with Crippen molar-refractivity contribution in [3.05, 3.63) is 64.0 Å². The third kappa shape index (κ3) is 5.18. The van der Waals surface area contributed by atoms with Crippen molar-refractivity contribution in [2.45, 2.75) is 19.9 Å². The minimum Gasteiger partial charge on any atom is -0.494 e. The Balaban J connectivity index is 1.70. The van der Waals surface area contributed by atoms with Crippen molar-refractivity contribution in [2.24, 2.45) is 0 Å². The third-order valence-electron chi connectivity index (χ3n) is 4.19. The van der Waals surface area contributed by atoms with Crippen LogP contribution in [0.3, 0.4) is 0 Å². The highest BCUT2D eigenvalue weighted by Crippen LogP contribution is 2.34. The molecule has 0 radical (unpaired) electrons. The quantitative estimate of drug-likeness (QED) is 0.501. The van der Waals surface area contributed by atoms with Crippen molar-refractivity contribution in [1.29, 1.82) is 0 Å². The summed E-state index contributed by atoms with van der Waals surface area (Å²) in [5, 5.41) is 3.43. The maximum absolute atomic E-state index is 12.8. The van der Waals surface area contributed by atoms with Gasteiger partial charge in [-0.2, -0.15) is 0 Å². The summed E-state index contributed by atoms with van der Waals surface area (Å²) in [4.78, 5) is 27.3. The van der Waals surface area contributed by atoms with Gasteiger partial charge < -0.3 is 10.1 Å². The molecule has 2 aromatic rings. The Bertz CT molecular complexity index is 959. The maximum Gasteiger partial charge on any atom is 0.266 e. The number of thioether (sulfide) groups is 1. The average molecular weight is 447 g/mol. The summed E-state index contributed by atoms with van der Waals surface area (Å²) < 4.78 is 5.74. The minimum absolute atomic E-state index is 0.288. The second-order valence-corrected chi connectivity index (χ2v) is 8.34. The van der Waals surface area contributed by atoms with Crippen LogP contribution in [0.4, 0.5) is 5.69 Å². The SMILES string of the molecule is CCOc1ccc(NC(=O)C(C)N2C(=O)/C(=C/c3ccc(Cl)cc3)SC2=S)cc1. The first kappa shape index (κ1) is 21.4. The highest BCUT2D eigenvalue weighted by molar-refractivity contribution is 8.26. The molecular formula is C21H19ClN2O3S2. The van der Waals surface area contributed by atoms with E-state index in [1.165, 1.54) is 16.7 Å². The van der Waals surface area contributed by atoms with Gasteiger partial charge in [0.1, 0.15) is 16.1 Å². The van der Waals surface area contributed by atoms with Crippen LogP contribution in [0.1, 0.15) is 19.4 Å². The number of hydrogen-bond acceptors (Lipinski definition) is 5. The summed E-state index contributed by atoms with van der Waals surface area (Å²) in [6, 6.07) is 13.4. The van der Waals surface area contributed by atoms with Gasteiger partial charge in [0.15, 0.2) is 0 Å². The molecule has 2 amide bonds. The van der Waals surface area contributed by atoms with Crippen molar-refractivity contribution in [2.75, 3.05) is 11.9 Å². The number of nitrogens with one attached hydrogen (secondary N) is 1. The number of halogens is 1. The topological polar surface area (TPSA) is 58.6 Å². The molecule has 1 fully saturated rings. The molecule has 1 aliphatic rings. The lowest BCUT2D eigenvalue weighted by atomic mass is 10.2. The molecular weight excluding hydrogens is 428 g/mol. The fourth-order valence-corrected chi connectivity index (χ4v) is 4.23. The number of thiocarbonyl (C=S) groups is 1. The summed E-state index contributed by atoms with van der Waals surface area (Å²) in [6.45, 7) is 4.13. The molecule has 1 heterocycles. The summed E-state index contributed by atoms with van der Waals surface area (Å²) in [5.41, 5.74) is 1.45. The average Bonchev–Trinajstić information content (AvgIpc) is 2.98. The van der Waals surface area contributed by atoms with E-state index in [4.69, 9.17) is 28.6 Å². The molecule has 0 aliphatic carbocycles. The lowest BCUT2D eigenvalue weighted by molar-refractivity contribution is -0.129. The molecule has 8 heteroatoms. The lowest BCUT2D eigenvalue weighted by Gasteiger charge is -2.22. The zero-order valence-corrected chi connectivity index (χ0v) is 18.2. The summed E-state index contributed by atoms with van der Waals surface area (Å²) in [6.07, 6.45) is 1.74. The van der Waals surface area contributed by atoms with Crippen LogP contribution in [0, 0.1) is 0 Å². The fourth-order valence-electron chi connectivity index (χ4n) is 2.69. The summed E-state index contributed by atoms with van der Waals surface area (Å²) in [7, 11) is 0. The molecule has 1 N–H and O–H groups in total. The Morgan fingerprint density at radius 2 is 1.90 bits per heavy atom. The van der Waals surface area contributed by atoms with Crippen LogP contribution < -0.4 is 10.1 Å². The Morgan fingerprint density at radius 3 is 2.52 bits per heavy atom. The maximum atomic E-state index is 12.8. The Labute approximate surface area is 184 Å². The minimum atomic E-state index is -0.745. The van der Waals surface area contributed by atoms with Crippen LogP contribution in [0.2, 0.25) is 5.02 Å². The molecule has 0 spiro atoms. The Morgan fingerprint density at radius 1 is 1.24 bits per heavy atom. The van der Waals surface area contributed by atoms with Gasteiger partial charge in [0, 0.05) is 10.7 Å². The number of carbonyl (C=O) groups is 2. The van der Waals surface area contributed by atoms with Crippen LogP contribution >= 0.6 is 35.6 Å². The molecule has 1 saturated heterocycles. The highest BCUT2D eigenvalue weighted by atomic mass is 35.5. The van der Waals surface area contributed by atoms with E-state index in [-0.39, 0.29) is 11.8 Å². The first-order valence-electron chi connectivity index (χ1n) is 8.95. The van der Waals surface area contributed by atoms with Crippen LogP contribution in [0.5, 0.6) is 5.75 Å². The largest absolute Gasteiger partial charge is 0.494 e. The molecule has 5 nitrogen and oxygen atoms in total. The zero-order chi connectivity index (χ0) is 21.0. The number of benzene rings is 2. The third-order valence-corrected chi connectivity index (χ3v) is 5.77. The summed E-state index contributed by atoms with van der Waals surface area (Å²) in [5.74, 6) is 0.116. The first-order chi connectivity index (χ1) is 13.9. The van der Waals surface area contributed by atoms with E-state index < -0.39 is 6.04 Å². The number of hydrogen-bond donors (Lipinski definition) is 1. The molecule has 0 saturated carbocycles. The monoisotopic (exact) mass is 446 g/mol. The molecule has 0 aromatic heterocycles. The molecule has 150 valence electrons. The van der Waals surface area contributed by atoms with Gasteiger partial charge in [-0.05, 0) is 61.9 Å². The number of anilines is 1. The molecule has 3 rings (SSSR count). The van der Waals surface area contributed by atoms with Gasteiger partial charge in [0.05, 0.1) is 11.5 Å². The van der Waals surface area contributed by atoms with E-state index in [0.29, 0.717) is 26.5 Å². The summed E-state index contributed by atoms with van der Waals surface area (Å²) >= 11 is 12.4. The molecule has 2 aromatic carbocycles. The predicted molar refractivity (Wildman–Crippen MR) is 122 cm³/mol. The van der Waals surface area contributed by atoms with E-state index >= 15 is 0 Å². The second-order valence-electron chi connectivity index (χ2n) is 6.23. The van der Waals surface area contributed by atoms with Gasteiger partial charge in [-0.15, -0.1) is 0 Å². The molecule has 29 heavy (non-hydrogen) atoms. The van der Waals surface area contributed by atoms with Gasteiger partial charge in [-0.25, -0.2) is 0 Å². The Hall–Kier alpha value is -2.35. The Kier molecular flexibility index (Phi) is 6.95. The van der Waals surface area contributed by atoms with E-state index in [9.17, 15) is 9.59 Å². The van der Waals surface area contributed by atoms with E-state index in [1.54, 1.807) is 49.4 Å². The van der Waals surface area contributed by atoms with Gasteiger partial charge in [0.2, 0.25) is 5.91 Å². The smallest absolute Gasteiger partial charge is 0.266 e. The lowest BCUT2D eigenvalue weighted by Crippen LogP contribution is -2.44. The van der Waals surface area contributed by atoms with Crippen LogP contribution in [-0.4, -0.2) is 33.7 Å². The van der Waals surface area contributed by atoms with Crippen molar-refractivity contribution >= 4 is 63.5 Å².